The van der Waals surface area contributed by atoms with Crippen molar-refractivity contribution in [3.8, 4) is 0 Å². The van der Waals surface area contributed by atoms with Crippen LogP contribution >= 0.6 is 0 Å². The first-order chi connectivity index (χ1) is 11.7. The number of carbonyl (C=O) groups is 1. The third kappa shape index (κ3) is 2.42. The Hall–Kier alpha value is -2.68. The Labute approximate surface area is 139 Å². The van der Waals surface area contributed by atoms with E-state index in [0.717, 1.165) is 5.56 Å². The normalized spacial score (nSPS) is 11.9. The number of carbonyl (C=O) groups excluding carboxylic acids is 1. The Morgan fingerprint density at radius 3 is 2.04 bits per heavy atom. The number of fused-ring (bicyclic) bond motifs is 1. The van der Waals surface area contributed by atoms with Gasteiger partial charge in [0, 0.05) is 11.8 Å². The monoisotopic (exact) mass is 371 g/mol. The van der Waals surface area contributed by atoms with Crippen molar-refractivity contribution in [1.82, 2.24) is 3.97 Å². The molecule has 2 aromatic carbocycles. The van der Waals surface area contributed by atoms with Crippen LogP contribution in [-0.2, 0) is 10.0 Å². The number of nitrogens with zero attached hydrogens (tertiary/aromatic N) is 1. The number of aldehydes is 1. The summed E-state index contributed by atoms with van der Waals surface area (Å²) in [6.45, 7) is 1.71. The zero-order valence-electron chi connectivity index (χ0n) is 12.6. The lowest BCUT2D eigenvalue weighted by Crippen LogP contribution is -2.13. The fourth-order valence-corrected chi connectivity index (χ4v) is 3.82. The van der Waals surface area contributed by atoms with E-state index in [1.54, 1.807) is 6.92 Å². The van der Waals surface area contributed by atoms with Crippen LogP contribution < -0.4 is 0 Å². The first kappa shape index (κ1) is 17.2. The van der Waals surface area contributed by atoms with Crippen molar-refractivity contribution in [2.45, 2.75) is 11.8 Å². The zero-order chi connectivity index (χ0) is 18.5. The van der Waals surface area contributed by atoms with Crippen LogP contribution in [0.3, 0.4) is 0 Å². The number of benzene rings is 2. The van der Waals surface area contributed by atoms with Gasteiger partial charge in [0.15, 0.2) is 29.6 Å². The van der Waals surface area contributed by atoms with Gasteiger partial charge in [-0.3, -0.25) is 4.79 Å². The lowest BCUT2D eigenvalue weighted by atomic mass is 10.1. The van der Waals surface area contributed by atoms with Crippen LogP contribution in [0.1, 0.15) is 15.9 Å². The number of hydrogen-bond donors (Lipinski definition) is 0. The predicted octanol–water partition coefficient (Wildman–Crippen LogP) is 3.56. The van der Waals surface area contributed by atoms with Crippen LogP contribution in [0.5, 0.6) is 0 Å². The minimum absolute atomic E-state index is 0.0311. The highest BCUT2D eigenvalue weighted by molar-refractivity contribution is 7.90. The van der Waals surface area contributed by atoms with Crippen LogP contribution in [0.15, 0.2) is 35.4 Å². The molecule has 0 bridgehead atoms. The number of hydrogen-bond acceptors (Lipinski definition) is 3. The van der Waals surface area contributed by atoms with Crippen LogP contribution in [0.2, 0.25) is 0 Å². The van der Waals surface area contributed by atoms with Gasteiger partial charge in [0.05, 0.1) is 10.3 Å². The molecule has 0 radical (unpaired) electrons. The molecule has 0 unspecified atom stereocenters. The summed E-state index contributed by atoms with van der Waals surface area (Å²) >= 11 is 0. The Bertz CT molecular complexity index is 1120. The summed E-state index contributed by atoms with van der Waals surface area (Å²) in [5.41, 5.74) is -0.949. The number of aromatic nitrogens is 1. The van der Waals surface area contributed by atoms with Gasteiger partial charge < -0.3 is 0 Å². The average molecular weight is 371 g/mol. The maximum Gasteiger partial charge on any atom is 0.268 e. The smallest absolute Gasteiger partial charge is 0.268 e. The van der Waals surface area contributed by atoms with E-state index in [1.807, 2.05) is 0 Å². The first-order valence-electron chi connectivity index (χ1n) is 6.84. The molecular formula is C16H9F4NO3S. The molecule has 0 N–H and O–H groups in total. The summed E-state index contributed by atoms with van der Waals surface area (Å²) < 4.78 is 80.8. The van der Waals surface area contributed by atoms with Gasteiger partial charge in [-0.25, -0.2) is 30.0 Å². The van der Waals surface area contributed by atoms with E-state index in [2.05, 4.69) is 0 Å². The van der Waals surface area contributed by atoms with Gasteiger partial charge >= 0.3 is 0 Å². The fraction of sp³-hybridized carbons (Fsp3) is 0.0625. The van der Waals surface area contributed by atoms with Crippen LogP contribution in [0, 0.1) is 30.2 Å². The van der Waals surface area contributed by atoms with Gasteiger partial charge in [-0.15, -0.1) is 0 Å². The molecule has 3 aromatic rings. The van der Waals surface area contributed by atoms with Gasteiger partial charge in [-0.05, 0) is 19.1 Å². The van der Waals surface area contributed by atoms with E-state index < -0.39 is 49.8 Å². The Morgan fingerprint density at radius 1 is 0.920 bits per heavy atom. The molecule has 0 aliphatic carbocycles. The van der Waals surface area contributed by atoms with E-state index in [4.69, 9.17) is 0 Å². The standard InChI is InChI=1S/C16H9F4NO3S/c1-8-2-4-10(5-3-8)25(23,24)21-6-9(7-22)11-12(17)13(18)14(19)15(20)16(11)21/h2-7H,1H3. The zero-order valence-corrected chi connectivity index (χ0v) is 13.4. The SMILES string of the molecule is Cc1ccc(S(=O)(=O)n2cc(C=O)c3c(F)c(F)c(F)c(F)c32)cc1. The van der Waals surface area contributed by atoms with Crippen molar-refractivity contribution >= 4 is 27.2 Å². The molecule has 0 amide bonds. The van der Waals surface area contributed by atoms with Gasteiger partial charge in [0.1, 0.15) is 5.52 Å². The molecule has 0 saturated carbocycles. The minimum Gasteiger partial charge on any atom is -0.298 e. The number of aryl methyl sites for hydroxylation is 1. The molecule has 0 atom stereocenters. The summed E-state index contributed by atoms with van der Waals surface area (Å²) in [5.74, 6) is -8.04. The molecule has 0 saturated heterocycles. The second kappa shape index (κ2) is 5.69. The molecular weight excluding hydrogens is 362 g/mol. The van der Waals surface area contributed by atoms with Gasteiger partial charge in [-0.2, -0.15) is 0 Å². The lowest BCUT2D eigenvalue weighted by molar-refractivity contribution is 0.112. The minimum atomic E-state index is -4.48. The molecule has 0 spiro atoms. The molecule has 1 aromatic heterocycles. The molecule has 25 heavy (non-hydrogen) atoms. The highest BCUT2D eigenvalue weighted by Gasteiger charge is 2.30. The van der Waals surface area contributed by atoms with Crippen molar-refractivity contribution in [3.63, 3.8) is 0 Å². The third-order valence-corrected chi connectivity index (χ3v) is 5.39. The number of rotatable bonds is 3. The summed E-state index contributed by atoms with van der Waals surface area (Å²) in [4.78, 5) is 10.8. The Balaban J connectivity index is 2.45. The Kier molecular flexibility index (Phi) is 3.91. The molecule has 130 valence electrons. The van der Waals surface area contributed by atoms with Crippen LogP contribution in [0.25, 0.3) is 10.9 Å². The van der Waals surface area contributed by atoms with Crippen LogP contribution in [-0.4, -0.2) is 18.7 Å². The quantitative estimate of drug-likeness (QED) is 0.306. The first-order valence-corrected chi connectivity index (χ1v) is 8.28. The molecule has 0 aliphatic heterocycles. The van der Waals surface area contributed by atoms with Crippen molar-refractivity contribution in [3.05, 3.63) is 64.9 Å². The Morgan fingerprint density at radius 2 is 1.48 bits per heavy atom. The summed E-state index contributed by atoms with van der Waals surface area (Å²) in [6, 6.07) is 5.36. The van der Waals surface area contributed by atoms with Gasteiger partial charge in [-0.1, -0.05) is 17.7 Å². The fourth-order valence-electron chi connectivity index (χ4n) is 2.45. The van der Waals surface area contributed by atoms with Crippen molar-refractivity contribution in [1.29, 1.82) is 0 Å². The lowest BCUT2D eigenvalue weighted by Gasteiger charge is -2.09. The molecule has 0 fully saturated rings. The van der Waals surface area contributed by atoms with E-state index in [9.17, 15) is 30.8 Å². The predicted molar refractivity (Wildman–Crippen MR) is 80.9 cm³/mol. The van der Waals surface area contributed by atoms with E-state index >= 15 is 0 Å². The summed E-state index contributed by atoms with van der Waals surface area (Å²) in [5, 5.41) is -0.943. The summed E-state index contributed by atoms with van der Waals surface area (Å²) in [7, 11) is -4.48. The molecule has 0 aliphatic rings. The molecule has 1 heterocycles. The van der Waals surface area contributed by atoms with Crippen molar-refractivity contribution < 1.29 is 30.8 Å². The summed E-state index contributed by atoms with van der Waals surface area (Å²) in [6.07, 6.45) is 0.654. The van der Waals surface area contributed by atoms with Crippen molar-refractivity contribution in [2.24, 2.45) is 0 Å². The molecule has 3 rings (SSSR count). The van der Waals surface area contributed by atoms with Gasteiger partial charge in [0.25, 0.3) is 10.0 Å². The average Bonchev–Trinajstić information content (AvgIpc) is 2.99. The van der Waals surface area contributed by atoms with Gasteiger partial charge in [0.2, 0.25) is 0 Å². The van der Waals surface area contributed by atoms with E-state index in [0.29, 0.717) is 6.20 Å². The topological polar surface area (TPSA) is 56.1 Å². The van der Waals surface area contributed by atoms with Crippen molar-refractivity contribution in [2.75, 3.05) is 0 Å². The maximum atomic E-state index is 14.2. The maximum absolute atomic E-state index is 14.2. The third-order valence-electron chi connectivity index (χ3n) is 3.71. The molecule has 4 nitrogen and oxygen atoms in total. The highest BCUT2D eigenvalue weighted by atomic mass is 32.2. The largest absolute Gasteiger partial charge is 0.298 e. The number of halogens is 4. The molecule has 9 heteroatoms. The van der Waals surface area contributed by atoms with E-state index in [-0.39, 0.29) is 15.2 Å². The van der Waals surface area contributed by atoms with E-state index in [1.165, 1.54) is 24.3 Å². The van der Waals surface area contributed by atoms with Crippen LogP contribution in [0.4, 0.5) is 17.6 Å². The highest BCUT2D eigenvalue weighted by Crippen LogP contribution is 2.32. The second-order valence-electron chi connectivity index (χ2n) is 5.30. The second-order valence-corrected chi connectivity index (χ2v) is 7.11.